The van der Waals surface area contributed by atoms with Crippen LogP contribution in [-0.4, -0.2) is 0 Å². The van der Waals surface area contributed by atoms with Crippen molar-refractivity contribution in [1.29, 1.82) is 0 Å². The van der Waals surface area contributed by atoms with E-state index in [2.05, 4.69) is 0 Å². The molecule has 0 aliphatic heterocycles. The quantitative estimate of drug-likeness (QED) is 0.649. The third-order valence-corrected chi connectivity index (χ3v) is 3.73. The summed E-state index contributed by atoms with van der Waals surface area (Å²) in [6.07, 6.45) is 0. The molecule has 3 nitrogen and oxygen atoms in total. The summed E-state index contributed by atoms with van der Waals surface area (Å²) >= 11 is 0. The van der Waals surface area contributed by atoms with Crippen molar-refractivity contribution in [3.05, 3.63) is 95.6 Å². The Labute approximate surface area is 142 Å². The van der Waals surface area contributed by atoms with Crippen LogP contribution in [0.4, 0.5) is 5.69 Å². The number of anilines is 1. The van der Waals surface area contributed by atoms with E-state index in [0.29, 0.717) is 19.8 Å². The van der Waals surface area contributed by atoms with E-state index >= 15 is 0 Å². The summed E-state index contributed by atoms with van der Waals surface area (Å²) in [4.78, 5) is 0. The third kappa shape index (κ3) is 4.61. The highest BCUT2D eigenvalue weighted by Crippen LogP contribution is 2.22. The molecular formula is C21H21NO2. The van der Waals surface area contributed by atoms with Crippen LogP contribution < -0.4 is 10.5 Å². The molecule has 0 amide bonds. The molecule has 3 aromatic rings. The smallest absolute Gasteiger partial charge is 0.120 e. The topological polar surface area (TPSA) is 44.5 Å². The molecule has 0 saturated carbocycles. The Kier molecular flexibility index (Phi) is 5.48. The predicted octanol–water partition coefficient (Wildman–Crippen LogP) is 4.56. The average molecular weight is 319 g/mol. The minimum Gasteiger partial charge on any atom is -0.489 e. The number of nitrogen functional groups attached to an aromatic ring is 1. The predicted molar refractivity (Wildman–Crippen MR) is 96.6 cm³/mol. The summed E-state index contributed by atoms with van der Waals surface area (Å²) in [6, 6.07) is 25.9. The molecule has 0 spiro atoms. The Morgan fingerprint density at radius 1 is 0.667 bits per heavy atom. The normalized spacial score (nSPS) is 10.5. The fourth-order valence-corrected chi connectivity index (χ4v) is 2.39. The maximum Gasteiger partial charge on any atom is 0.120 e. The standard InChI is InChI=1S/C21H21NO2/c22-21-12-11-20(24-15-18-9-5-2-6-10-18)13-19(21)16-23-14-17-7-3-1-4-8-17/h1-13H,14-16,22H2. The summed E-state index contributed by atoms with van der Waals surface area (Å²) in [5.74, 6) is 0.798. The first-order valence-electron chi connectivity index (χ1n) is 7.98. The largest absolute Gasteiger partial charge is 0.489 e. The zero-order valence-corrected chi connectivity index (χ0v) is 13.5. The molecule has 0 aromatic heterocycles. The van der Waals surface area contributed by atoms with Crippen molar-refractivity contribution in [3.8, 4) is 5.75 Å². The molecule has 0 bridgehead atoms. The van der Waals surface area contributed by atoms with Crippen LogP contribution in [0.1, 0.15) is 16.7 Å². The van der Waals surface area contributed by atoms with Gasteiger partial charge in [0.15, 0.2) is 0 Å². The fraction of sp³-hybridized carbons (Fsp3) is 0.143. The van der Waals surface area contributed by atoms with Gasteiger partial charge in [-0.25, -0.2) is 0 Å². The van der Waals surface area contributed by atoms with Crippen molar-refractivity contribution in [2.24, 2.45) is 0 Å². The van der Waals surface area contributed by atoms with Crippen LogP contribution >= 0.6 is 0 Å². The van der Waals surface area contributed by atoms with Gasteiger partial charge in [0, 0.05) is 11.3 Å². The van der Waals surface area contributed by atoms with Crippen molar-refractivity contribution in [2.75, 3.05) is 5.73 Å². The maximum absolute atomic E-state index is 6.04. The molecule has 24 heavy (non-hydrogen) atoms. The summed E-state index contributed by atoms with van der Waals surface area (Å²) in [5, 5.41) is 0. The lowest BCUT2D eigenvalue weighted by atomic mass is 10.2. The van der Waals surface area contributed by atoms with E-state index in [-0.39, 0.29) is 0 Å². The number of hydrogen-bond donors (Lipinski definition) is 1. The van der Waals surface area contributed by atoms with Crippen LogP contribution in [0.15, 0.2) is 78.9 Å². The molecule has 0 heterocycles. The Morgan fingerprint density at radius 2 is 1.29 bits per heavy atom. The minimum atomic E-state index is 0.462. The van der Waals surface area contributed by atoms with Gasteiger partial charge in [0.2, 0.25) is 0 Å². The molecule has 0 fully saturated rings. The lowest BCUT2D eigenvalue weighted by molar-refractivity contribution is 0.107. The molecule has 2 N–H and O–H groups in total. The lowest BCUT2D eigenvalue weighted by Crippen LogP contribution is -2.01. The molecule has 0 atom stereocenters. The molecule has 3 heteroatoms. The zero-order valence-electron chi connectivity index (χ0n) is 13.5. The highest BCUT2D eigenvalue weighted by atomic mass is 16.5. The molecular weight excluding hydrogens is 298 g/mol. The van der Waals surface area contributed by atoms with Gasteiger partial charge in [-0.3, -0.25) is 0 Å². The molecule has 0 aliphatic carbocycles. The minimum absolute atomic E-state index is 0.462. The Morgan fingerprint density at radius 3 is 1.96 bits per heavy atom. The van der Waals surface area contributed by atoms with Crippen LogP contribution in [-0.2, 0) is 24.6 Å². The number of hydrogen-bond acceptors (Lipinski definition) is 3. The first-order chi connectivity index (χ1) is 11.8. The summed E-state index contributed by atoms with van der Waals surface area (Å²) in [7, 11) is 0. The van der Waals surface area contributed by atoms with Crippen LogP contribution in [0.2, 0.25) is 0 Å². The van der Waals surface area contributed by atoms with Gasteiger partial charge in [-0.1, -0.05) is 60.7 Å². The van der Waals surface area contributed by atoms with Crippen molar-refractivity contribution in [2.45, 2.75) is 19.8 Å². The van der Waals surface area contributed by atoms with E-state index in [4.69, 9.17) is 15.2 Å². The van der Waals surface area contributed by atoms with Crippen LogP contribution in [0, 0.1) is 0 Å². The van der Waals surface area contributed by atoms with E-state index in [1.807, 2.05) is 78.9 Å². The Bertz CT molecular complexity index is 757. The Hall–Kier alpha value is -2.78. The SMILES string of the molecule is Nc1ccc(OCc2ccccc2)cc1COCc1ccccc1. The molecule has 3 rings (SSSR count). The zero-order chi connectivity index (χ0) is 16.6. The summed E-state index contributed by atoms with van der Waals surface area (Å²) in [5.41, 5.74) is 9.98. The molecule has 3 aromatic carbocycles. The monoisotopic (exact) mass is 319 g/mol. The van der Waals surface area contributed by atoms with Gasteiger partial charge in [0.25, 0.3) is 0 Å². The molecule has 0 aliphatic rings. The van der Waals surface area contributed by atoms with Gasteiger partial charge in [0.1, 0.15) is 12.4 Å². The number of benzene rings is 3. The summed E-state index contributed by atoms with van der Waals surface area (Å²) in [6.45, 7) is 1.56. The Balaban J connectivity index is 1.57. The highest BCUT2D eigenvalue weighted by molar-refractivity contribution is 5.50. The van der Waals surface area contributed by atoms with E-state index in [1.54, 1.807) is 0 Å². The molecule has 0 radical (unpaired) electrons. The van der Waals surface area contributed by atoms with E-state index in [9.17, 15) is 0 Å². The van der Waals surface area contributed by atoms with Crippen molar-refractivity contribution >= 4 is 5.69 Å². The first kappa shape index (κ1) is 16.1. The maximum atomic E-state index is 6.04. The van der Waals surface area contributed by atoms with Gasteiger partial charge < -0.3 is 15.2 Å². The fourth-order valence-electron chi connectivity index (χ4n) is 2.39. The van der Waals surface area contributed by atoms with E-state index < -0.39 is 0 Å². The number of ether oxygens (including phenoxy) is 2. The van der Waals surface area contributed by atoms with Gasteiger partial charge in [-0.15, -0.1) is 0 Å². The summed E-state index contributed by atoms with van der Waals surface area (Å²) < 4.78 is 11.6. The number of nitrogens with two attached hydrogens (primary N) is 1. The van der Waals surface area contributed by atoms with Crippen molar-refractivity contribution in [3.63, 3.8) is 0 Å². The number of rotatable bonds is 7. The van der Waals surface area contributed by atoms with Crippen LogP contribution in [0.3, 0.4) is 0 Å². The first-order valence-corrected chi connectivity index (χ1v) is 7.98. The van der Waals surface area contributed by atoms with Crippen molar-refractivity contribution < 1.29 is 9.47 Å². The van der Waals surface area contributed by atoms with Crippen molar-refractivity contribution in [1.82, 2.24) is 0 Å². The van der Waals surface area contributed by atoms with Gasteiger partial charge in [-0.05, 0) is 29.3 Å². The molecule has 0 unspecified atom stereocenters. The van der Waals surface area contributed by atoms with E-state index in [0.717, 1.165) is 28.1 Å². The molecule has 0 saturated heterocycles. The van der Waals surface area contributed by atoms with Gasteiger partial charge in [-0.2, -0.15) is 0 Å². The highest BCUT2D eigenvalue weighted by Gasteiger charge is 2.04. The molecule has 122 valence electrons. The lowest BCUT2D eigenvalue weighted by Gasteiger charge is -2.11. The van der Waals surface area contributed by atoms with Gasteiger partial charge >= 0.3 is 0 Å². The van der Waals surface area contributed by atoms with Crippen LogP contribution in [0.25, 0.3) is 0 Å². The third-order valence-electron chi connectivity index (χ3n) is 3.73. The average Bonchev–Trinajstić information content (AvgIpc) is 2.64. The van der Waals surface area contributed by atoms with Gasteiger partial charge in [0.05, 0.1) is 13.2 Å². The van der Waals surface area contributed by atoms with E-state index in [1.165, 1.54) is 0 Å². The second-order valence-electron chi connectivity index (χ2n) is 5.61. The second-order valence-corrected chi connectivity index (χ2v) is 5.61. The van der Waals surface area contributed by atoms with Crippen LogP contribution in [0.5, 0.6) is 5.75 Å². The second kappa shape index (κ2) is 8.18.